The zero-order valence-corrected chi connectivity index (χ0v) is 18.3. The van der Waals surface area contributed by atoms with Crippen molar-refractivity contribution in [2.45, 2.75) is 39.3 Å². The minimum atomic E-state index is -0.511. The maximum absolute atomic E-state index is 12.5. The number of nitrogens with two attached hydrogens (primary N) is 2. The fraction of sp³-hybridized carbons (Fsp3) is 0.375. The lowest BCUT2D eigenvalue weighted by Gasteiger charge is -2.41. The molecule has 0 saturated carbocycles. The Bertz CT molecular complexity index is 1010. The van der Waals surface area contributed by atoms with Crippen molar-refractivity contribution < 1.29 is 9.53 Å². The van der Waals surface area contributed by atoms with Crippen LogP contribution in [0.5, 0.6) is 0 Å². The van der Waals surface area contributed by atoms with Crippen LogP contribution >= 0.6 is 0 Å². The first kappa shape index (κ1) is 21.6. The number of rotatable bonds is 2. The van der Waals surface area contributed by atoms with E-state index in [0.29, 0.717) is 31.2 Å². The molecular formula is C24H32N4O2. The number of benzene rings is 2. The van der Waals surface area contributed by atoms with Gasteiger partial charge in [-0.25, -0.2) is 4.79 Å². The van der Waals surface area contributed by atoms with E-state index in [-0.39, 0.29) is 12.1 Å². The molecular weight excluding hydrogens is 376 g/mol. The van der Waals surface area contributed by atoms with E-state index in [1.807, 2.05) is 82.3 Å². The third kappa shape index (κ3) is 4.87. The molecule has 6 nitrogen and oxygen atoms in total. The standard InChI is InChI=1S/C24H32N4O2/c1-17-16-27(14-15-28(17)23(29)30-24(2,3)4)22(26)20-13-9-8-12-19(20)21(25)18-10-6-5-7-11-18/h5-13,17H,14-16,25-26H2,1-4H3/b21-19-,22-20+/t17-/m0/s1. The molecule has 0 radical (unpaired) electrons. The molecule has 2 aromatic rings. The van der Waals surface area contributed by atoms with Crippen LogP contribution in [0.1, 0.15) is 33.3 Å². The van der Waals surface area contributed by atoms with Gasteiger partial charge in [-0.05, 0) is 33.3 Å². The second-order valence-electron chi connectivity index (χ2n) is 8.68. The smallest absolute Gasteiger partial charge is 0.410 e. The molecule has 0 aliphatic carbocycles. The summed E-state index contributed by atoms with van der Waals surface area (Å²) in [4.78, 5) is 16.4. The van der Waals surface area contributed by atoms with Gasteiger partial charge in [0.05, 0.1) is 0 Å². The molecule has 0 spiro atoms. The van der Waals surface area contributed by atoms with E-state index >= 15 is 0 Å². The van der Waals surface area contributed by atoms with E-state index in [4.69, 9.17) is 16.2 Å². The van der Waals surface area contributed by atoms with Crippen molar-refractivity contribution in [1.82, 2.24) is 9.80 Å². The lowest BCUT2D eigenvalue weighted by atomic mass is 10.1. The maximum Gasteiger partial charge on any atom is 0.410 e. The topological polar surface area (TPSA) is 84.8 Å². The van der Waals surface area contributed by atoms with Gasteiger partial charge in [0.25, 0.3) is 0 Å². The van der Waals surface area contributed by atoms with Crippen molar-refractivity contribution >= 4 is 17.6 Å². The van der Waals surface area contributed by atoms with Crippen molar-refractivity contribution in [3.63, 3.8) is 0 Å². The fourth-order valence-electron chi connectivity index (χ4n) is 3.65. The molecule has 2 aromatic carbocycles. The van der Waals surface area contributed by atoms with Gasteiger partial charge in [0.2, 0.25) is 0 Å². The first-order valence-electron chi connectivity index (χ1n) is 10.3. The Hall–Kier alpha value is -3.15. The molecule has 6 heteroatoms. The van der Waals surface area contributed by atoms with E-state index in [1.165, 1.54) is 0 Å². The first-order chi connectivity index (χ1) is 14.2. The summed E-state index contributed by atoms with van der Waals surface area (Å²) in [5.74, 6) is 0.667. The molecule has 1 aliphatic rings. The monoisotopic (exact) mass is 408 g/mol. The van der Waals surface area contributed by atoms with Gasteiger partial charge in [-0.3, -0.25) is 0 Å². The summed E-state index contributed by atoms with van der Waals surface area (Å²) in [6, 6.07) is 17.8. The molecule has 160 valence electrons. The van der Waals surface area contributed by atoms with Crippen LogP contribution in [0.25, 0.3) is 11.5 Å². The van der Waals surface area contributed by atoms with Crippen LogP contribution in [0.3, 0.4) is 0 Å². The fourth-order valence-corrected chi connectivity index (χ4v) is 3.65. The molecule has 1 aliphatic heterocycles. The number of carbonyl (C=O) groups excluding carboxylic acids is 1. The van der Waals surface area contributed by atoms with E-state index in [1.54, 1.807) is 4.90 Å². The van der Waals surface area contributed by atoms with E-state index in [0.717, 1.165) is 16.0 Å². The quantitative estimate of drug-likeness (QED) is 0.791. The Kier molecular flexibility index (Phi) is 6.25. The Morgan fingerprint density at radius 1 is 0.967 bits per heavy atom. The van der Waals surface area contributed by atoms with Crippen LogP contribution < -0.4 is 21.9 Å². The molecule has 0 unspecified atom stereocenters. The molecule has 1 fully saturated rings. The molecule has 1 atom stereocenters. The predicted molar refractivity (Wildman–Crippen MR) is 120 cm³/mol. The number of piperazine rings is 1. The highest BCUT2D eigenvalue weighted by Crippen LogP contribution is 2.17. The summed E-state index contributed by atoms with van der Waals surface area (Å²) < 4.78 is 5.54. The highest BCUT2D eigenvalue weighted by Gasteiger charge is 2.31. The Labute approximate surface area is 178 Å². The predicted octanol–water partition coefficient (Wildman–Crippen LogP) is 1.77. The zero-order valence-electron chi connectivity index (χ0n) is 18.3. The van der Waals surface area contributed by atoms with Gasteiger partial charge in [0.1, 0.15) is 11.4 Å². The lowest BCUT2D eigenvalue weighted by molar-refractivity contribution is 0.00672. The van der Waals surface area contributed by atoms with Crippen molar-refractivity contribution in [2.24, 2.45) is 11.5 Å². The average Bonchev–Trinajstić information content (AvgIpc) is 2.72. The molecule has 3 rings (SSSR count). The van der Waals surface area contributed by atoms with Crippen LogP contribution in [-0.2, 0) is 4.74 Å². The van der Waals surface area contributed by atoms with Gasteiger partial charge in [-0.2, -0.15) is 0 Å². The Morgan fingerprint density at radius 3 is 2.17 bits per heavy atom. The molecule has 4 N–H and O–H groups in total. The van der Waals surface area contributed by atoms with E-state index in [2.05, 4.69) is 4.90 Å². The SMILES string of the molecule is C[C@H]1CN(/C(N)=c2\cccc\c2=C(\N)c2ccccc2)CCN1C(=O)OC(C)(C)C. The average molecular weight is 409 g/mol. The van der Waals surface area contributed by atoms with Crippen molar-refractivity contribution in [3.05, 3.63) is 70.6 Å². The minimum absolute atomic E-state index is 0.0187. The van der Waals surface area contributed by atoms with Gasteiger partial charge in [-0.15, -0.1) is 0 Å². The molecule has 30 heavy (non-hydrogen) atoms. The third-order valence-corrected chi connectivity index (χ3v) is 5.17. The lowest BCUT2D eigenvalue weighted by Crippen LogP contribution is -2.56. The molecule has 0 bridgehead atoms. The number of hydrogen-bond acceptors (Lipinski definition) is 5. The normalized spacial score (nSPS) is 19.3. The van der Waals surface area contributed by atoms with Crippen molar-refractivity contribution in [3.8, 4) is 0 Å². The zero-order chi connectivity index (χ0) is 21.9. The van der Waals surface area contributed by atoms with Crippen molar-refractivity contribution in [2.75, 3.05) is 19.6 Å². The summed E-state index contributed by atoms with van der Waals surface area (Å²) >= 11 is 0. The van der Waals surface area contributed by atoms with Crippen LogP contribution in [-0.4, -0.2) is 47.2 Å². The molecule has 1 heterocycles. The molecule has 0 aromatic heterocycles. The highest BCUT2D eigenvalue weighted by molar-refractivity contribution is 5.69. The highest BCUT2D eigenvalue weighted by atomic mass is 16.6. The van der Waals surface area contributed by atoms with Gasteiger partial charge >= 0.3 is 6.09 Å². The Morgan fingerprint density at radius 2 is 1.57 bits per heavy atom. The summed E-state index contributed by atoms with van der Waals surface area (Å²) in [5, 5.41) is 1.81. The summed E-state index contributed by atoms with van der Waals surface area (Å²) in [6.07, 6.45) is -0.282. The summed E-state index contributed by atoms with van der Waals surface area (Å²) in [6.45, 7) is 9.46. The van der Waals surface area contributed by atoms with Crippen molar-refractivity contribution in [1.29, 1.82) is 0 Å². The Balaban J connectivity index is 1.92. The number of amides is 1. The van der Waals surface area contributed by atoms with Gasteiger partial charge in [-0.1, -0.05) is 54.6 Å². The van der Waals surface area contributed by atoms with Crippen LogP contribution in [0, 0.1) is 0 Å². The second-order valence-corrected chi connectivity index (χ2v) is 8.68. The van der Waals surface area contributed by atoms with Gasteiger partial charge in [0.15, 0.2) is 0 Å². The molecule has 1 amide bonds. The minimum Gasteiger partial charge on any atom is -0.444 e. The first-order valence-corrected chi connectivity index (χ1v) is 10.3. The third-order valence-electron chi connectivity index (χ3n) is 5.17. The number of hydrogen-bond donors (Lipinski definition) is 2. The molecule has 1 saturated heterocycles. The number of carbonyl (C=O) groups is 1. The maximum atomic E-state index is 12.5. The van der Waals surface area contributed by atoms with Gasteiger partial charge in [0, 0.05) is 41.8 Å². The number of ether oxygens (including phenoxy) is 1. The van der Waals surface area contributed by atoms with Crippen LogP contribution in [0.4, 0.5) is 4.79 Å². The van der Waals surface area contributed by atoms with Crippen LogP contribution in [0.2, 0.25) is 0 Å². The van der Waals surface area contributed by atoms with E-state index in [9.17, 15) is 4.79 Å². The van der Waals surface area contributed by atoms with Gasteiger partial charge < -0.3 is 26.0 Å². The van der Waals surface area contributed by atoms with E-state index < -0.39 is 5.60 Å². The summed E-state index contributed by atoms with van der Waals surface area (Å²) in [7, 11) is 0. The second kappa shape index (κ2) is 8.69. The number of nitrogens with zero attached hydrogens (tertiary/aromatic N) is 2. The van der Waals surface area contributed by atoms with Crippen LogP contribution in [0.15, 0.2) is 54.6 Å². The summed E-state index contributed by atoms with van der Waals surface area (Å²) in [5.41, 5.74) is 14.2. The largest absolute Gasteiger partial charge is 0.444 e.